The minimum Gasteiger partial charge on any atom is -0.379 e. The summed E-state index contributed by atoms with van der Waals surface area (Å²) in [4.78, 5) is 14.3. The Morgan fingerprint density at radius 2 is 2.33 bits per heavy atom. The highest BCUT2D eigenvalue weighted by molar-refractivity contribution is 5.84. The summed E-state index contributed by atoms with van der Waals surface area (Å²) in [6.07, 6.45) is 2.22. The van der Waals surface area contributed by atoms with E-state index in [1.807, 2.05) is 11.8 Å². The molecule has 2 heterocycles. The maximum Gasteiger partial charge on any atom is 0.232 e. The van der Waals surface area contributed by atoms with Crippen LogP contribution in [0.25, 0.3) is 0 Å². The lowest BCUT2D eigenvalue weighted by atomic mass is 9.84. The maximum absolute atomic E-state index is 12.4. The van der Waals surface area contributed by atoms with Gasteiger partial charge in [-0.2, -0.15) is 0 Å². The Labute approximate surface area is 90.8 Å². The van der Waals surface area contributed by atoms with Gasteiger partial charge in [-0.3, -0.25) is 4.79 Å². The zero-order chi connectivity index (χ0) is 11.1. The second-order valence-electron chi connectivity index (χ2n) is 5.03. The van der Waals surface area contributed by atoms with Crippen LogP contribution < -0.4 is 5.73 Å². The summed E-state index contributed by atoms with van der Waals surface area (Å²) in [5.41, 5.74) is 5.45. The third-order valence-corrected chi connectivity index (χ3v) is 3.82. The summed E-state index contributed by atoms with van der Waals surface area (Å²) in [7, 11) is 0. The summed E-state index contributed by atoms with van der Waals surface area (Å²) < 4.78 is 5.32. The molecule has 15 heavy (non-hydrogen) atoms. The van der Waals surface area contributed by atoms with E-state index < -0.39 is 5.41 Å². The summed E-state index contributed by atoms with van der Waals surface area (Å²) in [6.45, 7) is 5.89. The van der Waals surface area contributed by atoms with E-state index in [0.717, 1.165) is 19.4 Å². The van der Waals surface area contributed by atoms with Gasteiger partial charge in [-0.1, -0.05) is 0 Å². The van der Waals surface area contributed by atoms with Gasteiger partial charge in [0.2, 0.25) is 5.91 Å². The average Bonchev–Trinajstić information content (AvgIpc) is 2.75. The molecule has 0 spiro atoms. The van der Waals surface area contributed by atoms with Crippen molar-refractivity contribution in [3.8, 4) is 0 Å². The predicted molar refractivity (Wildman–Crippen MR) is 57.3 cm³/mol. The largest absolute Gasteiger partial charge is 0.379 e. The standard InChI is InChI=1S/C11H20N2O2/c1-8-4-3-5-13(8)10(14)11(2)7-15-6-9(11)12/h8-9H,3-7,12H2,1-2H3. The van der Waals surface area contributed by atoms with Crippen molar-refractivity contribution < 1.29 is 9.53 Å². The molecule has 0 aromatic heterocycles. The van der Waals surface area contributed by atoms with Gasteiger partial charge >= 0.3 is 0 Å². The molecule has 0 radical (unpaired) electrons. The number of carbonyl (C=O) groups excluding carboxylic acids is 1. The van der Waals surface area contributed by atoms with Crippen molar-refractivity contribution in [1.82, 2.24) is 4.90 Å². The first kappa shape index (κ1) is 10.9. The van der Waals surface area contributed by atoms with E-state index in [0.29, 0.717) is 19.3 Å². The lowest BCUT2D eigenvalue weighted by Crippen LogP contribution is -2.52. The highest BCUT2D eigenvalue weighted by atomic mass is 16.5. The Morgan fingerprint density at radius 1 is 1.60 bits per heavy atom. The van der Waals surface area contributed by atoms with E-state index in [2.05, 4.69) is 6.92 Å². The topological polar surface area (TPSA) is 55.6 Å². The average molecular weight is 212 g/mol. The predicted octanol–water partition coefficient (Wildman–Crippen LogP) is 0.361. The zero-order valence-electron chi connectivity index (χ0n) is 9.53. The van der Waals surface area contributed by atoms with Gasteiger partial charge in [0.25, 0.3) is 0 Å². The molecule has 0 bridgehead atoms. The van der Waals surface area contributed by atoms with E-state index in [1.54, 1.807) is 0 Å². The molecule has 0 aromatic carbocycles. The number of carbonyl (C=O) groups is 1. The van der Waals surface area contributed by atoms with Crippen LogP contribution in [0, 0.1) is 5.41 Å². The second-order valence-corrected chi connectivity index (χ2v) is 5.03. The Kier molecular flexibility index (Phi) is 2.73. The molecule has 2 aliphatic rings. The molecule has 4 heteroatoms. The van der Waals surface area contributed by atoms with Crippen LogP contribution in [0.5, 0.6) is 0 Å². The fourth-order valence-electron chi connectivity index (χ4n) is 2.47. The van der Waals surface area contributed by atoms with Crippen LogP contribution in [0.3, 0.4) is 0 Å². The fraction of sp³-hybridized carbons (Fsp3) is 0.909. The molecule has 0 aromatic rings. The Morgan fingerprint density at radius 3 is 2.80 bits per heavy atom. The summed E-state index contributed by atoms with van der Waals surface area (Å²) >= 11 is 0. The van der Waals surface area contributed by atoms with Gasteiger partial charge in [0.15, 0.2) is 0 Å². The van der Waals surface area contributed by atoms with E-state index >= 15 is 0 Å². The number of amides is 1. The van der Waals surface area contributed by atoms with Crippen molar-refractivity contribution >= 4 is 5.91 Å². The van der Waals surface area contributed by atoms with Gasteiger partial charge in [0, 0.05) is 18.6 Å². The van der Waals surface area contributed by atoms with Gasteiger partial charge < -0.3 is 15.4 Å². The maximum atomic E-state index is 12.4. The Bertz CT molecular complexity index is 269. The number of nitrogens with two attached hydrogens (primary N) is 1. The van der Waals surface area contributed by atoms with Crippen molar-refractivity contribution in [1.29, 1.82) is 0 Å². The fourth-order valence-corrected chi connectivity index (χ4v) is 2.47. The number of ether oxygens (including phenoxy) is 1. The van der Waals surface area contributed by atoms with Gasteiger partial charge in [0.1, 0.15) is 0 Å². The quantitative estimate of drug-likeness (QED) is 0.683. The number of likely N-dealkylation sites (tertiary alicyclic amines) is 1. The molecule has 3 unspecified atom stereocenters. The molecule has 3 atom stereocenters. The molecule has 2 fully saturated rings. The van der Waals surface area contributed by atoms with Crippen LogP contribution in [0.2, 0.25) is 0 Å². The van der Waals surface area contributed by atoms with Crippen molar-refractivity contribution in [2.45, 2.75) is 38.8 Å². The smallest absolute Gasteiger partial charge is 0.232 e. The summed E-state index contributed by atoms with van der Waals surface area (Å²) in [5, 5.41) is 0. The molecule has 2 rings (SSSR count). The minimum atomic E-state index is -0.501. The van der Waals surface area contributed by atoms with E-state index in [1.165, 1.54) is 0 Å². The molecule has 86 valence electrons. The van der Waals surface area contributed by atoms with Crippen molar-refractivity contribution in [2.24, 2.45) is 11.1 Å². The van der Waals surface area contributed by atoms with Crippen molar-refractivity contribution in [2.75, 3.05) is 19.8 Å². The van der Waals surface area contributed by atoms with E-state index in [9.17, 15) is 4.79 Å². The van der Waals surface area contributed by atoms with E-state index in [-0.39, 0.29) is 11.9 Å². The third-order valence-electron chi connectivity index (χ3n) is 3.82. The summed E-state index contributed by atoms with van der Waals surface area (Å²) in [5.74, 6) is 0.178. The number of nitrogens with zero attached hydrogens (tertiary/aromatic N) is 1. The molecule has 2 N–H and O–H groups in total. The van der Waals surface area contributed by atoms with Gasteiger partial charge in [-0.05, 0) is 26.7 Å². The van der Waals surface area contributed by atoms with Gasteiger partial charge in [-0.15, -0.1) is 0 Å². The molecular weight excluding hydrogens is 192 g/mol. The van der Waals surface area contributed by atoms with E-state index in [4.69, 9.17) is 10.5 Å². The van der Waals surface area contributed by atoms with Crippen molar-refractivity contribution in [3.63, 3.8) is 0 Å². The minimum absolute atomic E-state index is 0.155. The lowest BCUT2D eigenvalue weighted by molar-refractivity contribution is -0.142. The first-order chi connectivity index (χ1) is 7.05. The van der Waals surface area contributed by atoms with Crippen molar-refractivity contribution in [3.05, 3.63) is 0 Å². The molecule has 2 aliphatic heterocycles. The second kappa shape index (κ2) is 3.76. The molecule has 1 amide bonds. The lowest BCUT2D eigenvalue weighted by Gasteiger charge is -2.33. The highest BCUT2D eigenvalue weighted by Gasteiger charge is 2.47. The monoisotopic (exact) mass is 212 g/mol. The van der Waals surface area contributed by atoms with Gasteiger partial charge in [0.05, 0.1) is 18.6 Å². The highest BCUT2D eigenvalue weighted by Crippen LogP contribution is 2.32. The number of rotatable bonds is 1. The number of hydrogen-bond donors (Lipinski definition) is 1. The first-order valence-electron chi connectivity index (χ1n) is 5.70. The van der Waals surface area contributed by atoms with Crippen LogP contribution in [-0.2, 0) is 9.53 Å². The van der Waals surface area contributed by atoms with Crippen LogP contribution >= 0.6 is 0 Å². The molecule has 4 nitrogen and oxygen atoms in total. The Balaban J connectivity index is 2.12. The molecular formula is C11H20N2O2. The van der Waals surface area contributed by atoms with Crippen LogP contribution in [0.15, 0.2) is 0 Å². The normalized spacial score (nSPS) is 41.1. The molecule has 0 saturated carbocycles. The molecule has 2 saturated heterocycles. The Hall–Kier alpha value is -0.610. The molecule has 0 aliphatic carbocycles. The summed E-state index contributed by atoms with van der Waals surface area (Å²) in [6, 6.07) is 0.208. The van der Waals surface area contributed by atoms with Crippen LogP contribution in [-0.4, -0.2) is 42.6 Å². The van der Waals surface area contributed by atoms with Crippen LogP contribution in [0.1, 0.15) is 26.7 Å². The van der Waals surface area contributed by atoms with Crippen LogP contribution in [0.4, 0.5) is 0 Å². The number of hydrogen-bond acceptors (Lipinski definition) is 3. The van der Waals surface area contributed by atoms with Gasteiger partial charge in [-0.25, -0.2) is 0 Å². The first-order valence-corrected chi connectivity index (χ1v) is 5.70. The zero-order valence-corrected chi connectivity index (χ0v) is 9.53. The third kappa shape index (κ3) is 1.66. The SMILES string of the molecule is CC1CCCN1C(=O)C1(C)COCC1N.